The molecule has 0 unspecified atom stereocenters. The zero-order chi connectivity index (χ0) is 13.5. The number of alkyl halides is 3. The van der Waals surface area contributed by atoms with Crippen LogP contribution in [0.15, 0.2) is 36.7 Å². The molecular formula is C11H10F3N5. The van der Waals surface area contributed by atoms with E-state index in [1.54, 1.807) is 24.4 Å². The molecule has 3 rings (SSSR count). The summed E-state index contributed by atoms with van der Waals surface area (Å²) in [5.41, 5.74) is 2.96. The van der Waals surface area contributed by atoms with Crippen LogP contribution < -0.4 is 15.6 Å². The van der Waals surface area contributed by atoms with Gasteiger partial charge in [-0.15, -0.1) is 18.7 Å². The summed E-state index contributed by atoms with van der Waals surface area (Å²) in [4.78, 5) is 6.71. The van der Waals surface area contributed by atoms with Crippen LogP contribution in [0.1, 0.15) is 5.56 Å². The van der Waals surface area contributed by atoms with Crippen LogP contribution in [0.4, 0.5) is 24.8 Å². The molecule has 0 saturated heterocycles. The Bertz CT molecular complexity index is 566. The summed E-state index contributed by atoms with van der Waals surface area (Å²) in [7, 11) is 0. The molecule has 2 heterocycles. The minimum Gasteiger partial charge on any atom is -0.330 e. The number of benzene rings is 1. The molecule has 0 atom stereocenters. The van der Waals surface area contributed by atoms with Crippen molar-refractivity contribution in [3.05, 3.63) is 42.2 Å². The van der Waals surface area contributed by atoms with E-state index in [-0.39, 0.29) is 17.2 Å². The number of hydrogen-bond donors (Lipinski definition) is 2. The van der Waals surface area contributed by atoms with Gasteiger partial charge >= 0.3 is 6.30 Å². The van der Waals surface area contributed by atoms with E-state index in [0.29, 0.717) is 11.5 Å². The SMILES string of the molecule is FC(F)(F)N1NN(c2ncc[nH]2)Cc2ccccc21. The molecule has 1 aliphatic heterocycles. The Morgan fingerprint density at radius 2 is 2.00 bits per heavy atom. The van der Waals surface area contributed by atoms with Crippen LogP contribution in [0.25, 0.3) is 0 Å². The third kappa shape index (κ3) is 2.10. The maximum atomic E-state index is 13.0. The predicted octanol–water partition coefficient (Wildman–Crippen LogP) is 2.18. The monoisotopic (exact) mass is 269 g/mol. The van der Waals surface area contributed by atoms with Gasteiger partial charge in [0.05, 0.1) is 12.2 Å². The maximum absolute atomic E-state index is 13.0. The predicted molar refractivity (Wildman–Crippen MR) is 62.9 cm³/mol. The number of aromatic amines is 1. The van der Waals surface area contributed by atoms with Gasteiger partial charge < -0.3 is 4.98 Å². The van der Waals surface area contributed by atoms with Gasteiger partial charge in [0.25, 0.3) is 0 Å². The van der Waals surface area contributed by atoms with Crippen LogP contribution in [-0.2, 0) is 6.54 Å². The summed E-state index contributed by atoms with van der Waals surface area (Å²) in [5, 5.41) is 1.48. The summed E-state index contributed by atoms with van der Waals surface area (Å²) in [5.74, 6) is 0.323. The molecular weight excluding hydrogens is 259 g/mol. The van der Waals surface area contributed by atoms with Crippen molar-refractivity contribution in [2.45, 2.75) is 12.8 Å². The van der Waals surface area contributed by atoms with Gasteiger partial charge in [0.15, 0.2) is 0 Å². The second kappa shape index (κ2) is 4.16. The number of H-pyrrole nitrogens is 1. The summed E-state index contributed by atoms with van der Waals surface area (Å²) < 4.78 is 39.1. The molecule has 2 aromatic rings. The Morgan fingerprint density at radius 1 is 1.21 bits per heavy atom. The van der Waals surface area contributed by atoms with Gasteiger partial charge in [-0.2, -0.15) is 5.01 Å². The number of nitrogens with one attached hydrogen (secondary N) is 2. The minimum absolute atomic E-state index is 0.0952. The Morgan fingerprint density at radius 3 is 2.68 bits per heavy atom. The second-order valence-electron chi connectivity index (χ2n) is 4.03. The Hall–Kier alpha value is -2.22. The number of rotatable bonds is 1. The third-order valence-electron chi connectivity index (χ3n) is 2.77. The number of anilines is 2. The molecule has 5 nitrogen and oxygen atoms in total. The average Bonchev–Trinajstić information content (AvgIpc) is 2.90. The van der Waals surface area contributed by atoms with E-state index < -0.39 is 6.30 Å². The van der Waals surface area contributed by atoms with Crippen molar-refractivity contribution in [2.24, 2.45) is 0 Å². The number of imidazole rings is 1. The minimum atomic E-state index is -4.53. The smallest absolute Gasteiger partial charge is 0.330 e. The van der Waals surface area contributed by atoms with Crippen molar-refractivity contribution >= 4 is 11.6 Å². The number of hydrogen-bond acceptors (Lipinski definition) is 4. The van der Waals surface area contributed by atoms with Crippen LogP contribution in [0.2, 0.25) is 0 Å². The Labute approximate surface area is 106 Å². The first-order valence-corrected chi connectivity index (χ1v) is 5.54. The molecule has 0 saturated carbocycles. The van der Waals surface area contributed by atoms with Crippen molar-refractivity contribution < 1.29 is 13.2 Å². The molecule has 19 heavy (non-hydrogen) atoms. The highest BCUT2D eigenvalue weighted by molar-refractivity contribution is 5.57. The van der Waals surface area contributed by atoms with Crippen molar-refractivity contribution in [1.82, 2.24) is 15.5 Å². The first-order chi connectivity index (χ1) is 9.05. The van der Waals surface area contributed by atoms with Crippen LogP contribution in [0.3, 0.4) is 0 Å². The summed E-state index contributed by atoms with van der Waals surface area (Å²) in [6, 6.07) is 6.36. The van der Waals surface area contributed by atoms with Gasteiger partial charge in [0.2, 0.25) is 5.95 Å². The lowest BCUT2D eigenvalue weighted by Gasteiger charge is -2.39. The molecule has 8 heteroatoms. The third-order valence-corrected chi connectivity index (χ3v) is 2.77. The van der Waals surface area contributed by atoms with Crippen molar-refractivity contribution in [3.63, 3.8) is 0 Å². The molecule has 1 aromatic carbocycles. The number of nitrogens with zero attached hydrogens (tertiary/aromatic N) is 3. The van der Waals surface area contributed by atoms with Crippen LogP contribution in [0, 0.1) is 0 Å². The molecule has 0 spiro atoms. The molecule has 0 amide bonds. The maximum Gasteiger partial charge on any atom is 0.500 e. The van der Waals surface area contributed by atoms with E-state index in [1.165, 1.54) is 17.3 Å². The molecule has 100 valence electrons. The molecule has 1 aliphatic rings. The lowest BCUT2D eigenvalue weighted by molar-refractivity contribution is -0.138. The van der Waals surface area contributed by atoms with E-state index >= 15 is 0 Å². The molecule has 0 radical (unpaired) electrons. The van der Waals surface area contributed by atoms with Crippen LogP contribution in [-0.4, -0.2) is 16.3 Å². The number of halogens is 3. The summed E-state index contributed by atoms with van der Waals surface area (Å²) >= 11 is 0. The van der Waals surface area contributed by atoms with E-state index in [1.807, 2.05) is 0 Å². The summed E-state index contributed by atoms with van der Waals surface area (Å²) in [6.45, 7) is 0.288. The molecule has 2 N–H and O–H groups in total. The zero-order valence-electron chi connectivity index (χ0n) is 9.65. The Kier molecular flexibility index (Phi) is 2.59. The van der Waals surface area contributed by atoms with Gasteiger partial charge in [-0.25, -0.2) is 4.98 Å². The highest BCUT2D eigenvalue weighted by atomic mass is 19.4. The zero-order valence-corrected chi connectivity index (χ0v) is 9.65. The first kappa shape index (κ1) is 11.8. The molecule has 0 aliphatic carbocycles. The number of fused-ring (bicyclic) bond motifs is 1. The fourth-order valence-electron chi connectivity index (χ4n) is 1.96. The number of aromatic nitrogens is 2. The van der Waals surface area contributed by atoms with Crippen LogP contribution in [0.5, 0.6) is 0 Å². The van der Waals surface area contributed by atoms with Crippen molar-refractivity contribution in [2.75, 3.05) is 10.0 Å². The lowest BCUT2D eigenvalue weighted by Crippen LogP contribution is -2.59. The van der Waals surface area contributed by atoms with Gasteiger partial charge in [0, 0.05) is 12.4 Å². The fourth-order valence-corrected chi connectivity index (χ4v) is 1.96. The first-order valence-electron chi connectivity index (χ1n) is 5.54. The van der Waals surface area contributed by atoms with E-state index in [9.17, 15) is 13.2 Å². The topological polar surface area (TPSA) is 47.2 Å². The standard InChI is InChI=1S/C11H10F3N5/c12-11(13,14)19-9-4-2-1-3-8(9)7-18(17-19)10-15-5-6-16-10/h1-6,17H,7H2,(H,15,16). The van der Waals surface area contributed by atoms with E-state index in [4.69, 9.17) is 0 Å². The average molecular weight is 269 g/mol. The summed E-state index contributed by atoms with van der Waals surface area (Å²) in [6.07, 6.45) is -1.49. The van der Waals surface area contributed by atoms with Crippen molar-refractivity contribution in [3.8, 4) is 0 Å². The van der Waals surface area contributed by atoms with Gasteiger partial charge in [-0.05, 0) is 11.6 Å². The number of para-hydroxylation sites is 1. The van der Waals surface area contributed by atoms with E-state index in [0.717, 1.165) is 0 Å². The lowest BCUT2D eigenvalue weighted by atomic mass is 10.1. The highest BCUT2D eigenvalue weighted by Gasteiger charge is 2.42. The van der Waals surface area contributed by atoms with Gasteiger partial charge in [-0.1, -0.05) is 18.2 Å². The fraction of sp³-hybridized carbons (Fsp3) is 0.182. The largest absolute Gasteiger partial charge is 0.500 e. The van der Waals surface area contributed by atoms with Crippen molar-refractivity contribution in [1.29, 1.82) is 0 Å². The van der Waals surface area contributed by atoms with Gasteiger partial charge in [-0.3, -0.25) is 5.01 Å². The van der Waals surface area contributed by atoms with Gasteiger partial charge in [0.1, 0.15) is 0 Å². The quantitative estimate of drug-likeness (QED) is 0.779. The normalized spacial score (nSPS) is 15.5. The van der Waals surface area contributed by atoms with E-state index in [2.05, 4.69) is 15.5 Å². The molecule has 0 bridgehead atoms. The van der Waals surface area contributed by atoms with Crippen LogP contribution >= 0.6 is 0 Å². The molecule has 1 aromatic heterocycles. The number of hydrazine groups is 2. The second-order valence-corrected chi connectivity index (χ2v) is 4.03. The Balaban J connectivity index is 2.01. The highest BCUT2D eigenvalue weighted by Crippen LogP contribution is 2.33. The molecule has 0 fully saturated rings.